The van der Waals surface area contributed by atoms with Crippen LogP contribution in [0.5, 0.6) is 0 Å². The number of aryl methyl sites for hydroxylation is 2. The van der Waals surface area contributed by atoms with Crippen molar-refractivity contribution in [2.75, 3.05) is 5.32 Å². The van der Waals surface area contributed by atoms with Crippen molar-refractivity contribution in [2.45, 2.75) is 32.7 Å². The predicted octanol–water partition coefficient (Wildman–Crippen LogP) is 3.20. The summed E-state index contributed by atoms with van der Waals surface area (Å²) in [7, 11) is 0. The second-order valence-corrected chi connectivity index (χ2v) is 4.95. The van der Waals surface area contributed by atoms with E-state index in [4.69, 9.17) is 0 Å². The Hall–Kier alpha value is -1.84. The van der Waals surface area contributed by atoms with Crippen LogP contribution in [0, 0.1) is 19.7 Å². The molecule has 1 heterocycles. The first-order valence-electron chi connectivity index (χ1n) is 6.22. The van der Waals surface area contributed by atoms with Gasteiger partial charge in [-0.1, -0.05) is 6.07 Å². The molecule has 0 amide bonds. The lowest BCUT2D eigenvalue weighted by Crippen LogP contribution is -2.08. The number of rotatable bonds is 3. The van der Waals surface area contributed by atoms with Gasteiger partial charge >= 0.3 is 0 Å². The van der Waals surface area contributed by atoms with Crippen LogP contribution in [0.3, 0.4) is 0 Å². The Kier molecular flexibility index (Phi) is 2.58. The normalized spacial score (nSPS) is 14.8. The minimum Gasteiger partial charge on any atom is -0.353 e. The lowest BCUT2D eigenvalue weighted by atomic mass is 10.2. The molecule has 1 saturated carbocycles. The van der Waals surface area contributed by atoms with E-state index in [1.54, 1.807) is 16.7 Å². The molecule has 0 atom stereocenters. The van der Waals surface area contributed by atoms with Gasteiger partial charge in [0.15, 0.2) is 0 Å². The molecule has 1 fully saturated rings. The summed E-state index contributed by atoms with van der Waals surface area (Å²) in [6, 6.07) is 5.75. The molecule has 0 unspecified atom stereocenters. The molecule has 0 saturated heterocycles. The number of imidazole rings is 1. The largest absolute Gasteiger partial charge is 0.353 e. The topological polar surface area (TPSA) is 29.9 Å². The molecule has 3 nitrogen and oxygen atoms in total. The molecule has 1 aliphatic rings. The maximum absolute atomic E-state index is 14.0. The summed E-state index contributed by atoms with van der Waals surface area (Å²) in [6.45, 7) is 3.80. The lowest BCUT2D eigenvalue weighted by molar-refractivity contribution is 0.617. The van der Waals surface area contributed by atoms with Crippen LogP contribution in [0.4, 0.5) is 10.3 Å². The van der Waals surface area contributed by atoms with Crippen LogP contribution in [-0.2, 0) is 0 Å². The smallest absolute Gasteiger partial charge is 0.208 e. The molecule has 0 bridgehead atoms. The molecule has 0 aliphatic heterocycles. The standard InChI is InChI=1S/C14H16FN3/c1-9-3-6-13(12(15)7-9)18-8-10(2)16-14(18)17-11-4-5-11/h3,6-8,11H,4-5H2,1-2H3,(H,16,17). The Labute approximate surface area is 106 Å². The first kappa shape index (κ1) is 11.3. The van der Waals surface area contributed by atoms with Crippen LogP contribution in [0.25, 0.3) is 5.69 Å². The van der Waals surface area contributed by atoms with Crippen molar-refractivity contribution < 1.29 is 4.39 Å². The first-order valence-corrected chi connectivity index (χ1v) is 6.22. The number of benzene rings is 1. The van der Waals surface area contributed by atoms with Crippen molar-refractivity contribution in [3.8, 4) is 5.69 Å². The maximum Gasteiger partial charge on any atom is 0.208 e. The average molecular weight is 245 g/mol. The molecule has 1 aromatic carbocycles. The van der Waals surface area contributed by atoms with Crippen LogP contribution in [0.15, 0.2) is 24.4 Å². The van der Waals surface area contributed by atoms with Crippen LogP contribution in [0.2, 0.25) is 0 Å². The predicted molar refractivity (Wildman–Crippen MR) is 69.6 cm³/mol. The molecule has 3 rings (SSSR count). The van der Waals surface area contributed by atoms with E-state index in [-0.39, 0.29) is 5.82 Å². The third-order valence-electron chi connectivity index (χ3n) is 3.10. The quantitative estimate of drug-likeness (QED) is 0.900. The molecule has 94 valence electrons. The molecule has 4 heteroatoms. The summed E-state index contributed by atoms with van der Waals surface area (Å²) >= 11 is 0. The number of nitrogens with zero attached hydrogens (tertiary/aromatic N) is 2. The fourth-order valence-electron chi connectivity index (χ4n) is 2.00. The Morgan fingerprint density at radius 1 is 1.33 bits per heavy atom. The van der Waals surface area contributed by atoms with Crippen LogP contribution >= 0.6 is 0 Å². The Morgan fingerprint density at radius 3 is 2.78 bits per heavy atom. The van der Waals surface area contributed by atoms with Gasteiger partial charge in [0.2, 0.25) is 5.95 Å². The maximum atomic E-state index is 14.0. The Morgan fingerprint density at radius 2 is 2.11 bits per heavy atom. The second kappa shape index (κ2) is 4.12. The van der Waals surface area contributed by atoms with Gasteiger partial charge in [-0.3, -0.25) is 4.57 Å². The molecule has 1 N–H and O–H groups in total. The molecule has 0 radical (unpaired) electrons. The molecular weight excluding hydrogens is 229 g/mol. The third kappa shape index (κ3) is 2.10. The summed E-state index contributed by atoms with van der Waals surface area (Å²) in [5, 5.41) is 3.33. The summed E-state index contributed by atoms with van der Waals surface area (Å²) in [5.74, 6) is 0.518. The Balaban J connectivity index is 2.03. The van der Waals surface area contributed by atoms with Gasteiger partial charge < -0.3 is 5.32 Å². The van der Waals surface area contributed by atoms with E-state index in [0.717, 1.165) is 17.2 Å². The van der Waals surface area contributed by atoms with E-state index in [9.17, 15) is 4.39 Å². The minimum atomic E-state index is -0.216. The van der Waals surface area contributed by atoms with Crippen molar-refractivity contribution in [1.82, 2.24) is 9.55 Å². The highest BCUT2D eigenvalue weighted by Gasteiger charge is 2.23. The number of anilines is 1. The van der Waals surface area contributed by atoms with Crippen molar-refractivity contribution in [3.63, 3.8) is 0 Å². The van der Waals surface area contributed by atoms with Crippen molar-refractivity contribution in [3.05, 3.63) is 41.5 Å². The third-order valence-corrected chi connectivity index (χ3v) is 3.10. The van der Waals surface area contributed by atoms with E-state index < -0.39 is 0 Å². The highest BCUT2D eigenvalue weighted by molar-refractivity contribution is 5.46. The van der Waals surface area contributed by atoms with E-state index in [0.29, 0.717) is 11.7 Å². The van der Waals surface area contributed by atoms with E-state index >= 15 is 0 Å². The molecule has 1 aliphatic carbocycles. The molecule has 0 spiro atoms. The van der Waals surface area contributed by atoms with Gasteiger partial charge in [0.05, 0.1) is 11.4 Å². The zero-order valence-electron chi connectivity index (χ0n) is 10.6. The fourth-order valence-corrected chi connectivity index (χ4v) is 2.00. The van der Waals surface area contributed by atoms with Crippen molar-refractivity contribution >= 4 is 5.95 Å². The first-order chi connectivity index (χ1) is 8.63. The SMILES string of the molecule is Cc1ccc(-n2cc(C)nc2NC2CC2)c(F)c1. The molecule has 18 heavy (non-hydrogen) atoms. The summed E-state index contributed by atoms with van der Waals surface area (Å²) in [5.41, 5.74) is 2.35. The van der Waals surface area contributed by atoms with Crippen LogP contribution < -0.4 is 5.32 Å². The van der Waals surface area contributed by atoms with Crippen molar-refractivity contribution in [1.29, 1.82) is 0 Å². The lowest BCUT2D eigenvalue weighted by Gasteiger charge is -2.10. The molecular formula is C14H16FN3. The number of halogens is 1. The zero-order chi connectivity index (χ0) is 12.7. The summed E-state index contributed by atoms with van der Waals surface area (Å²) in [6.07, 6.45) is 4.20. The van der Waals surface area contributed by atoms with Crippen molar-refractivity contribution in [2.24, 2.45) is 0 Å². The second-order valence-electron chi connectivity index (χ2n) is 4.95. The van der Waals surface area contributed by atoms with Gasteiger partial charge in [0.25, 0.3) is 0 Å². The zero-order valence-corrected chi connectivity index (χ0v) is 10.6. The van der Waals surface area contributed by atoms with Crippen LogP contribution in [-0.4, -0.2) is 15.6 Å². The van der Waals surface area contributed by atoms with Crippen LogP contribution in [0.1, 0.15) is 24.1 Å². The highest BCUT2D eigenvalue weighted by atomic mass is 19.1. The molecule has 1 aromatic heterocycles. The average Bonchev–Trinajstić information content (AvgIpc) is 3.03. The monoisotopic (exact) mass is 245 g/mol. The fraction of sp³-hybridized carbons (Fsp3) is 0.357. The summed E-state index contributed by atoms with van der Waals surface area (Å²) < 4.78 is 15.8. The van der Waals surface area contributed by atoms with Gasteiger partial charge in [-0.15, -0.1) is 0 Å². The van der Waals surface area contributed by atoms with Gasteiger partial charge in [0.1, 0.15) is 5.82 Å². The van der Waals surface area contributed by atoms with Gasteiger partial charge in [-0.25, -0.2) is 9.37 Å². The van der Waals surface area contributed by atoms with E-state index in [1.807, 2.05) is 26.1 Å². The van der Waals surface area contributed by atoms with Gasteiger partial charge in [-0.2, -0.15) is 0 Å². The number of hydrogen-bond donors (Lipinski definition) is 1. The number of hydrogen-bond acceptors (Lipinski definition) is 2. The molecule has 2 aromatic rings. The number of aromatic nitrogens is 2. The number of nitrogens with one attached hydrogen (secondary N) is 1. The van der Waals surface area contributed by atoms with E-state index in [2.05, 4.69) is 10.3 Å². The van der Waals surface area contributed by atoms with Gasteiger partial charge in [0, 0.05) is 12.2 Å². The summed E-state index contributed by atoms with van der Waals surface area (Å²) in [4.78, 5) is 4.42. The minimum absolute atomic E-state index is 0.216. The van der Waals surface area contributed by atoms with Gasteiger partial charge in [-0.05, 0) is 44.4 Å². The highest BCUT2D eigenvalue weighted by Crippen LogP contribution is 2.27. The van der Waals surface area contributed by atoms with E-state index in [1.165, 1.54) is 12.8 Å². The Bertz CT molecular complexity index is 585.